The van der Waals surface area contributed by atoms with E-state index in [1.54, 1.807) is 6.92 Å². The number of nitrogens with zero attached hydrogens (tertiary/aromatic N) is 2. The number of carbonyl (C=O) groups excluding carboxylic acids is 3. The summed E-state index contributed by atoms with van der Waals surface area (Å²) in [5.74, 6) is -0.656. The highest BCUT2D eigenvalue weighted by Gasteiger charge is 2.65. The first-order valence-electron chi connectivity index (χ1n) is 10.3. The molecule has 2 aliphatic carbocycles. The fourth-order valence-electron chi connectivity index (χ4n) is 5.26. The Labute approximate surface area is 179 Å². The van der Waals surface area contributed by atoms with E-state index in [9.17, 15) is 14.4 Å². The maximum atomic E-state index is 14.1. The van der Waals surface area contributed by atoms with Crippen LogP contribution in [0.15, 0.2) is 40.0 Å². The summed E-state index contributed by atoms with van der Waals surface area (Å²) in [5.41, 5.74) is 6.63. The average Bonchev–Trinajstić information content (AvgIpc) is 3.27. The predicted octanol–water partition coefficient (Wildman–Crippen LogP) is 2.57. The predicted molar refractivity (Wildman–Crippen MR) is 111 cm³/mol. The molecule has 2 heterocycles. The van der Waals surface area contributed by atoms with Gasteiger partial charge in [0.25, 0.3) is 6.01 Å². The summed E-state index contributed by atoms with van der Waals surface area (Å²) in [6.45, 7) is 5.61. The first-order valence-corrected chi connectivity index (χ1v) is 10.3. The molecule has 2 aromatic rings. The Bertz CT molecular complexity index is 1190. The molecule has 5 rings (SSSR count). The molecule has 0 fully saturated rings. The van der Waals surface area contributed by atoms with E-state index in [4.69, 9.17) is 14.9 Å². The molecule has 1 aromatic heterocycles. The van der Waals surface area contributed by atoms with Crippen LogP contribution in [0.25, 0.3) is 11.3 Å². The molecule has 1 unspecified atom stereocenters. The fourth-order valence-corrected chi connectivity index (χ4v) is 5.26. The minimum absolute atomic E-state index is 0.0683. The molecule has 1 atom stereocenters. The number of anilines is 1. The molecule has 1 aromatic carbocycles. The van der Waals surface area contributed by atoms with Crippen molar-refractivity contribution in [3.8, 4) is 11.3 Å². The number of hydrogen-bond donors (Lipinski definition) is 1. The van der Waals surface area contributed by atoms with E-state index in [0.29, 0.717) is 46.7 Å². The molecule has 0 bridgehead atoms. The number of fused-ring (bicyclic) bond motifs is 6. The van der Waals surface area contributed by atoms with Crippen molar-refractivity contribution in [2.24, 2.45) is 5.41 Å². The average molecular weight is 421 g/mol. The van der Waals surface area contributed by atoms with Crippen LogP contribution in [0.3, 0.4) is 0 Å². The summed E-state index contributed by atoms with van der Waals surface area (Å²) in [5, 5.41) is 0. The van der Waals surface area contributed by atoms with Crippen molar-refractivity contribution < 1.29 is 23.5 Å². The molecular formula is C23H23N3O5. The molecule has 8 heteroatoms. The highest BCUT2D eigenvalue weighted by molar-refractivity contribution is 6.17. The molecule has 0 radical (unpaired) electrons. The zero-order chi connectivity index (χ0) is 22.1. The Balaban J connectivity index is 1.80. The maximum absolute atomic E-state index is 14.1. The van der Waals surface area contributed by atoms with Crippen LogP contribution in [0, 0.1) is 5.41 Å². The number of hydrogen-bond acceptors (Lipinski definition) is 7. The van der Waals surface area contributed by atoms with Crippen LogP contribution < -0.4 is 5.73 Å². The van der Waals surface area contributed by atoms with E-state index < -0.39 is 17.3 Å². The van der Waals surface area contributed by atoms with E-state index in [2.05, 4.69) is 4.98 Å². The summed E-state index contributed by atoms with van der Waals surface area (Å²) in [7, 11) is 0. The summed E-state index contributed by atoms with van der Waals surface area (Å²) in [6.07, 6.45) is 0.769. The zero-order valence-corrected chi connectivity index (χ0v) is 17.7. The van der Waals surface area contributed by atoms with Crippen LogP contribution in [0.5, 0.6) is 0 Å². The molecule has 3 aliphatic rings. The number of esters is 1. The lowest BCUT2D eigenvalue weighted by atomic mass is 9.67. The number of oxazole rings is 1. The first kappa shape index (κ1) is 19.5. The van der Waals surface area contributed by atoms with Crippen LogP contribution in [-0.2, 0) is 24.5 Å². The van der Waals surface area contributed by atoms with Crippen molar-refractivity contribution in [3.05, 3.63) is 46.8 Å². The zero-order valence-electron chi connectivity index (χ0n) is 17.7. The number of allylic oxidation sites excluding steroid dienone is 1. The van der Waals surface area contributed by atoms with Crippen molar-refractivity contribution in [3.63, 3.8) is 0 Å². The number of amides is 1. The summed E-state index contributed by atoms with van der Waals surface area (Å²) >= 11 is 0. The quantitative estimate of drug-likeness (QED) is 0.757. The van der Waals surface area contributed by atoms with Crippen LogP contribution >= 0.6 is 0 Å². The second-order valence-electron chi connectivity index (χ2n) is 8.98. The third kappa shape index (κ3) is 2.47. The number of nitrogens with two attached hydrogens (primary N) is 1. The van der Waals surface area contributed by atoms with Crippen LogP contribution in [0.4, 0.5) is 6.01 Å². The lowest BCUT2D eigenvalue weighted by Crippen LogP contribution is -2.43. The summed E-state index contributed by atoms with van der Waals surface area (Å²) in [6, 6.07) is 7.21. The van der Waals surface area contributed by atoms with Gasteiger partial charge in [0.05, 0.1) is 6.61 Å². The third-order valence-electron chi connectivity index (χ3n) is 6.29. The van der Waals surface area contributed by atoms with Gasteiger partial charge in [0.15, 0.2) is 17.0 Å². The van der Waals surface area contributed by atoms with E-state index in [0.717, 1.165) is 0 Å². The molecule has 2 N–H and O–H groups in total. The Morgan fingerprint density at radius 1 is 1.26 bits per heavy atom. The standard InChI is InChI=1S/C23H23N3O5/c1-4-30-16(28)11-26-14-9-22(2,3)10-15(27)17(14)23(20(26)29)13-8-6-5-7-12(13)18-19(23)25-21(24)31-18/h5-8H,4,9-11H2,1-3H3,(H2,24,25). The second kappa shape index (κ2) is 6.29. The highest BCUT2D eigenvalue weighted by atomic mass is 16.5. The molecule has 1 spiro atoms. The van der Waals surface area contributed by atoms with Crippen molar-refractivity contribution in [2.75, 3.05) is 18.9 Å². The SMILES string of the molecule is CCOC(=O)CN1C(=O)C2(C3=C1CC(C)(C)CC3=O)c1ccccc1-c1oc(N)nc12. The molecule has 0 saturated carbocycles. The van der Waals surface area contributed by atoms with Gasteiger partial charge in [0.2, 0.25) is 5.91 Å². The van der Waals surface area contributed by atoms with E-state index >= 15 is 0 Å². The maximum Gasteiger partial charge on any atom is 0.326 e. The smallest absolute Gasteiger partial charge is 0.326 e. The summed E-state index contributed by atoms with van der Waals surface area (Å²) in [4.78, 5) is 45.8. The number of carbonyl (C=O) groups is 3. The minimum atomic E-state index is -1.46. The normalized spacial score (nSPS) is 23.3. The van der Waals surface area contributed by atoms with E-state index in [-0.39, 0.29) is 30.4 Å². The van der Waals surface area contributed by atoms with Crippen molar-refractivity contribution in [1.29, 1.82) is 0 Å². The number of Topliss-reactive ketones (excluding diaryl/α,β-unsaturated/α-hetero) is 1. The van der Waals surface area contributed by atoms with Gasteiger partial charge >= 0.3 is 5.97 Å². The van der Waals surface area contributed by atoms with Crippen LogP contribution in [0.2, 0.25) is 0 Å². The van der Waals surface area contributed by atoms with Gasteiger partial charge in [-0.25, -0.2) is 0 Å². The second-order valence-corrected chi connectivity index (χ2v) is 8.98. The van der Waals surface area contributed by atoms with Gasteiger partial charge in [-0.2, -0.15) is 4.98 Å². The lowest BCUT2D eigenvalue weighted by Gasteiger charge is -2.33. The Morgan fingerprint density at radius 3 is 2.74 bits per heavy atom. The fraction of sp³-hybridized carbons (Fsp3) is 0.391. The van der Waals surface area contributed by atoms with E-state index in [1.807, 2.05) is 38.1 Å². The molecule has 0 saturated heterocycles. The van der Waals surface area contributed by atoms with Crippen molar-refractivity contribution >= 4 is 23.7 Å². The van der Waals surface area contributed by atoms with Crippen molar-refractivity contribution in [1.82, 2.24) is 9.88 Å². The van der Waals surface area contributed by atoms with Gasteiger partial charge in [-0.1, -0.05) is 38.1 Å². The van der Waals surface area contributed by atoms with Gasteiger partial charge in [0, 0.05) is 23.3 Å². The number of aromatic nitrogens is 1. The monoisotopic (exact) mass is 421 g/mol. The molecule has 1 amide bonds. The third-order valence-corrected chi connectivity index (χ3v) is 6.29. The van der Waals surface area contributed by atoms with Gasteiger partial charge in [-0.3, -0.25) is 14.4 Å². The van der Waals surface area contributed by atoms with Crippen LogP contribution in [0.1, 0.15) is 44.9 Å². The molecule has 31 heavy (non-hydrogen) atoms. The van der Waals surface area contributed by atoms with Crippen LogP contribution in [-0.4, -0.2) is 40.7 Å². The van der Waals surface area contributed by atoms with E-state index in [1.165, 1.54) is 4.90 Å². The highest BCUT2D eigenvalue weighted by Crippen LogP contribution is 2.60. The van der Waals surface area contributed by atoms with Crippen molar-refractivity contribution in [2.45, 2.75) is 39.0 Å². The largest absolute Gasteiger partial charge is 0.465 e. The minimum Gasteiger partial charge on any atom is -0.465 e. The Kier molecular flexibility index (Phi) is 3.96. The molecule has 1 aliphatic heterocycles. The number of benzene rings is 1. The summed E-state index contributed by atoms with van der Waals surface area (Å²) < 4.78 is 10.8. The number of ether oxygens (including phenoxy) is 1. The molecule has 8 nitrogen and oxygen atoms in total. The molecule has 160 valence electrons. The lowest BCUT2D eigenvalue weighted by molar-refractivity contribution is -0.148. The Hall–Kier alpha value is -3.42. The van der Waals surface area contributed by atoms with Gasteiger partial charge < -0.3 is 19.8 Å². The first-order chi connectivity index (χ1) is 14.7. The number of ketones is 1. The van der Waals surface area contributed by atoms with Gasteiger partial charge in [0.1, 0.15) is 12.2 Å². The van der Waals surface area contributed by atoms with Gasteiger partial charge in [-0.15, -0.1) is 0 Å². The Morgan fingerprint density at radius 2 is 2.00 bits per heavy atom. The van der Waals surface area contributed by atoms with Gasteiger partial charge in [-0.05, 0) is 24.3 Å². The molecular weight excluding hydrogens is 398 g/mol. The number of rotatable bonds is 3. The topological polar surface area (TPSA) is 116 Å². The number of nitrogen functional groups attached to an aromatic ring is 1.